The number of urea groups is 1. The fourth-order valence-electron chi connectivity index (χ4n) is 4.93. The van der Waals surface area contributed by atoms with E-state index in [0.717, 1.165) is 38.5 Å². The van der Waals surface area contributed by atoms with E-state index < -0.39 is 18.3 Å². The van der Waals surface area contributed by atoms with Crippen molar-refractivity contribution < 1.29 is 28.9 Å². The number of amides is 2. The molecule has 0 aliphatic carbocycles. The van der Waals surface area contributed by atoms with Crippen molar-refractivity contribution in [2.75, 3.05) is 18.9 Å². The monoisotopic (exact) mass is 631 g/mol. The third-order valence-corrected chi connectivity index (χ3v) is 8.42. The highest BCUT2D eigenvalue weighted by molar-refractivity contribution is 7.99. The van der Waals surface area contributed by atoms with Crippen LogP contribution in [-0.2, 0) is 39.2 Å². The van der Waals surface area contributed by atoms with Crippen LogP contribution in [0.15, 0.2) is 84.3 Å². The van der Waals surface area contributed by atoms with Crippen molar-refractivity contribution in [3.63, 3.8) is 0 Å². The van der Waals surface area contributed by atoms with E-state index in [4.69, 9.17) is 14.2 Å². The number of esters is 1. The highest BCUT2D eigenvalue weighted by Crippen LogP contribution is 2.40. The Balaban J connectivity index is 1.29. The topological polar surface area (TPSA) is 137 Å². The normalized spacial score (nSPS) is 17.9. The molecule has 0 spiro atoms. The maximum absolute atomic E-state index is 12.1. The molecule has 3 unspecified atom stereocenters. The van der Waals surface area contributed by atoms with Crippen molar-refractivity contribution >= 4 is 23.8 Å². The van der Waals surface area contributed by atoms with Crippen LogP contribution in [0.5, 0.6) is 0 Å². The smallest absolute Gasteiger partial charge is 0.325 e. The molecule has 1 saturated heterocycles. The second-order valence-corrected chi connectivity index (χ2v) is 11.5. The molecule has 5 rings (SSSR count). The quantitative estimate of drug-likeness (QED) is 0.150. The third kappa shape index (κ3) is 8.92. The van der Waals surface area contributed by atoms with Gasteiger partial charge in [-0.05, 0) is 46.9 Å². The predicted molar refractivity (Wildman–Crippen MR) is 169 cm³/mol. The van der Waals surface area contributed by atoms with Gasteiger partial charge in [0, 0.05) is 31.3 Å². The average Bonchev–Trinajstić information content (AvgIpc) is 3.50. The van der Waals surface area contributed by atoms with Gasteiger partial charge in [-0.1, -0.05) is 72.4 Å². The summed E-state index contributed by atoms with van der Waals surface area (Å²) in [6.45, 7) is 2.07. The summed E-state index contributed by atoms with van der Waals surface area (Å²) in [7, 11) is 1.92. The number of ether oxygens (including phenoxy) is 3. The second-order valence-electron chi connectivity index (χ2n) is 10.6. The van der Waals surface area contributed by atoms with Gasteiger partial charge in [0.2, 0.25) is 0 Å². The molecular weight excluding hydrogens is 594 g/mol. The molecule has 0 bridgehead atoms. The van der Waals surface area contributed by atoms with Gasteiger partial charge in [0.1, 0.15) is 12.9 Å². The Morgan fingerprint density at radius 3 is 2.51 bits per heavy atom. The van der Waals surface area contributed by atoms with Gasteiger partial charge in [0.05, 0.1) is 25.4 Å². The molecule has 3 N–H and O–H groups in total. The summed E-state index contributed by atoms with van der Waals surface area (Å²) in [6, 6.07) is 23.3. The number of carbonyl (C=O) groups excluding carboxylic acids is 2. The Hall–Kier alpha value is -4.23. The molecule has 1 aromatic heterocycles. The average molecular weight is 632 g/mol. The third-order valence-electron chi connectivity index (χ3n) is 7.25. The standard InChI is InChI=1S/C33H37N5O6S/c1-3-42-30(40)18-35-32(41)34-17-23-6-4-7-25(14-23)26-8-5-9-27(15-26)31-43-28(20-45-33-37-36-21-38(33)2)16-29(44-31)24-12-10-22(19-39)11-13-24/h4-15,21,28-29,31,39H,3,16-20H2,1-2H3,(H2,34,35,41). The summed E-state index contributed by atoms with van der Waals surface area (Å²) in [5, 5.41) is 23.8. The van der Waals surface area contributed by atoms with E-state index in [2.05, 4.69) is 26.9 Å². The van der Waals surface area contributed by atoms with Gasteiger partial charge in [-0.15, -0.1) is 10.2 Å². The Kier molecular flexibility index (Phi) is 11.2. The number of rotatable bonds is 12. The van der Waals surface area contributed by atoms with Gasteiger partial charge in [-0.25, -0.2) is 4.79 Å². The second kappa shape index (κ2) is 15.7. The zero-order chi connectivity index (χ0) is 31.6. The van der Waals surface area contributed by atoms with Crippen LogP contribution < -0.4 is 10.6 Å². The molecule has 236 valence electrons. The highest BCUT2D eigenvalue weighted by atomic mass is 32.2. The lowest BCUT2D eigenvalue weighted by molar-refractivity contribution is -0.245. The Morgan fingerprint density at radius 1 is 1.00 bits per heavy atom. The van der Waals surface area contributed by atoms with Crippen molar-refractivity contribution in [1.82, 2.24) is 25.4 Å². The fraction of sp³-hybridized carbons (Fsp3) is 0.333. The molecule has 2 heterocycles. The summed E-state index contributed by atoms with van der Waals surface area (Å²) < 4.78 is 19.8. The van der Waals surface area contributed by atoms with Gasteiger partial charge < -0.3 is 34.5 Å². The van der Waals surface area contributed by atoms with Crippen LogP contribution in [0.2, 0.25) is 0 Å². The summed E-state index contributed by atoms with van der Waals surface area (Å²) in [6.07, 6.45) is 1.44. The Labute approximate surface area is 266 Å². The van der Waals surface area contributed by atoms with Crippen molar-refractivity contribution in [1.29, 1.82) is 0 Å². The van der Waals surface area contributed by atoms with Gasteiger partial charge in [0.25, 0.3) is 0 Å². The molecule has 3 atom stereocenters. The lowest BCUT2D eigenvalue weighted by atomic mass is 9.99. The van der Waals surface area contributed by atoms with Gasteiger partial charge in [0.15, 0.2) is 11.4 Å². The van der Waals surface area contributed by atoms with Gasteiger partial charge in [-0.3, -0.25) is 4.79 Å². The minimum absolute atomic E-state index is 0.0127. The van der Waals surface area contributed by atoms with Crippen molar-refractivity contribution in [2.45, 2.75) is 50.2 Å². The van der Waals surface area contributed by atoms with Gasteiger partial charge >= 0.3 is 12.0 Å². The maximum atomic E-state index is 12.1. The molecular formula is C33H37N5O6S. The van der Waals surface area contributed by atoms with Crippen LogP contribution in [0.3, 0.4) is 0 Å². The number of thioether (sulfide) groups is 1. The molecule has 0 radical (unpaired) electrons. The van der Waals surface area contributed by atoms with Crippen LogP contribution >= 0.6 is 11.8 Å². The SMILES string of the molecule is CCOC(=O)CNC(=O)NCc1cccc(-c2cccc(C3OC(CSc4nncn4C)CC(c4ccc(CO)cc4)O3)c2)c1. The van der Waals surface area contributed by atoms with Crippen LogP contribution in [0, 0.1) is 0 Å². The molecule has 12 heteroatoms. The Bertz CT molecular complexity index is 1580. The summed E-state index contributed by atoms with van der Waals surface area (Å²) in [5.41, 5.74) is 5.62. The molecule has 1 fully saturated rings. The molecule has 2 amide bonds. The van der Waals surface area contributed by atoms with Gasteiger partial charge in [-0.2, -0.15) is 0 Å². The number of nitrogens with zero attached hydrogens (tertiary/aromatic N) is 3. The first kappa shape index (κ1) is 32.2. The van der Waals surface area contributed by atoms with Crippen LogP contribution in [0.25, 0.3) is 11.1 Å². The number of aliphatic hydroxyl groups excluding tert-OH is 1. The first-order valence-electron chi connectivity index (χ1n) is 14.8. The zero-order valence-electron chi connectivity index (χ0n) is 25.2. The first-order valence-corrected chi connectivity index (χ1v) is 15.7. The number of carbonyl (C=O) groups is 2. The Morgan fingerprint density at radius 2 is 1.78 bits per heavy atom. The number of hydrogen-bond donors (Lipinski definition) is 3. The van der Waals surface area contributed by atoms with Crippen LogP contribution in [-0.4, -0.2) is 56.9 Å². The highest BCUT2D eigenvalue weighted by Gasteiger charge is 2.32. The molecule has 45 heavy (non-hydrogen) atoms. The van der Waals surface area contributed by atoms with Crippen molar-refractivity contribution in [3.05, 3.63) is 101 Å². The lowest BCUT2D eigenvalue weighted by Crippen LogP contribution is -2.38. The first-order chi connectivity index (χ1) is 21.9. The van der Waals surface area contributed by atoms with E-state index in [1.54, 1.807) is 25.0 Å². The number of nitrogens with one attached hydrogen (secondary N) is 2. The van der Waals surface area contributed by atoms with E-state index in [-0.39, 0.29) is 32.0 Å². The number of aromatic nitrogens is 3. The fourth-order valence-corrected chi connectivity index (χ4v) is 5.83. The van der Waals surface area contributed by atoms with E-state index >= 15 is 0 Å². The molecule has 3 aromatic carbocycles. The minimum Gasteiger partial charge on any atom is -0.465 e. The van der Waals surface area contributed by atoms with E-state index in [1.807, 2.05) is 78.3 Å². The number of hydrogen-bond acceptors (Lipinski definition) is 9. The summed E-state index contributed by atoms with van der Waals surface area (Å²) in [4.78, 5) is 23.6. The van der Waals surface area contributed by atoms with Crippen LogP contribution in [0.4, 0.5) is 4.79 Å². The predicted octanol–water partition coefficient (Wildman–Crippen LogP) is 4.67. The minimum atomic E-state index is -0.598. The van der Waals surface area contributed by atoms with E-state index in [0.29, 0.717) is 18.7 Å². The van der Waals surface area contributed by atoms with Crippen molar-refractivity contribution in [2.24, 2.45) is 7.05 Å². The van der Waals surface area contributed by atoms with E-state index in [9.17, 15) is 14.7 Å². The maximum Gasteiger partial charge on any atom is 0.325 e. The molecule has 1 aliphatic heterocycles. The largest absolute Gasteiger partial charge is 0.465 e. The van der Waals surface area contributed by atoms with E-state index in [1.165, 1.54) is 0 Å². The number of benzene rings is 3. The summed E-state index contributed by atoms with van der Waals surface area (Å²) >= 11 is 1.59. The molecule has 4 aromatic rings. The van der Waals surface area contributed by atoms with Crippen molar-refractivity contribution in [3.8, 4) is 11.1 Å². The summed E-state index contributed by atoms with van der Waals surface area (Å²) in [5.74, 6) is 0.196. The molecule has 11 nitrogen and oxygen atoms in total. The zero-order valence-corrected chi connectivity index (χ0v) is 26.0. The lowest BCUT2D eigenvalue weighted by Gasteiger charge is -2.36. The molecule has 0 saturated carbocycles. The van der Waals surface area contributed by atoms with Crippen LogP contribution in [0.1, 0.15) is 48.0 Å². The molecule has 1 aliphatic rings. The number of aliphatic hydroxyl groups is 1. The number of aryl methyl sites for hydroxylation is 1.